The normalized spacial score (nSPS) is 10.9. The zero-order chi connectivity index (χ0) is 25.1. The van der Waals surface area contributed by atoms with Gasteiger partial charge in [-0.1, -0.05) is 47.5 Å². The van der Waals surface area contributed by atoms with Gasteiger partial charge in [0, 0.05) is 29.0 Å². The predicted molar refractivity (Wildman–Crippen MR) is 139 cm³/mol. The van der Waals surface area contributed by atoms with Crippen molar-refractivity contribution in [1.82, 2.24) is 24.3 Å². The number of aryl methyl sites for hydroxylation is 1. The molecular weight excluding hydrogens is 497 g/mol. The molecule has 36 heavy (non-hydrogen) atoms. The summed E-state index contributed by atoms with van der Waals surface area (Å²) < 4.78 is 3.23. The number of anilines is 2. The van der Waals surface area contributed by atoms with Gasteiger partial charge in [-0.05, 0) is 29.8 Å². The van der Waals surface area contributed by atoms with E-state index in [1.54, 1.807) is 35.3 Å². The minimum atomic E-state index is -0.154. The smallest absolute Gasteiger partial charge is 0.236 e. The lowest BCUT2D eigenvalue weighted by molar-refractivity contribution is 0.0919. The van der Waals surface area contributed by atoms with Crippen molar-refractivity contribution in [2.75, 3.05) is 5.32 Å². The quantitative estimate of drug-likeness (QED) is 0.279. The monoisotopic (exact) mass is 515 g/mol. The van der Waals surface area contributed by atoms with Crippen LogP contribution in [-0.2, 0) is 13.0 Å². The molecule has 178 valence electrons. The number of carbonyl (C=O) groups is 1. The lowest BCUT2D eigenvalue weighted by Crippen LogP contribution is -2.14. The van der Waals surface area contributed by atoms with Crippen LogP contribution in [-0.4, -0.2) is 30.2 Å². The van der Waals surface area contributed by atoms with Crippen molar-refractivity contribution in [2.24, 2.45) is 0 Å². The molecule has 0 atom stereocenters. The van der Waals surface area contributed by atoms with Crippen molar-refractivity contribution in [2.45, 2.75) is 19.4 Å². The second-order valence-corrected chi connectivity index (χ2v) is 8.81. The summed E-state index contributed by atoms with van der Waals surface area (Å²) in [5.41, 5.74) is 4.07. The maximum Gasteiger partial charge on any atom is 0.236 e. The van der Waals surface area contributed by atoms with Crippen LogP contribution in [0.25, 0.3) is 22.3 Å². The molecule has 8 nitrogen and oxygen atoms in total. The molecule has 0 amide bonds. The highest BCUT2D eigenvalue weighted by Gasteiger charge is 2.17. The van der Waals surface area contributed by atoms with E-state index >= 15 is 0 Å². The van der Waals surface area contributed by atoms with Gasteiger partial charge in [0.1, 0.15) is 6.33 Å². The third-order valence-electron chi connectivity index (χ3n) is 5.69. The molecule has 1 N–H and O–H groups in total. The Hall–Kier alpha value is -4.19. The Bertz CT molecular complexity index is 1600. The van der Waals surface area contributed by atoms with Crippen LogP contribution in [0.1, 0.15) is 16.8 Å². The van der Waals surface area contributed by atoms with Crippen LogP contribution in [0.2, 0.25) is 10.0 Å². The van der Waals surface area contributed by atoms with Gasteiger partial charge in [-0.3, -0.25) is 14.0 Å². The number of hydrogen-bond donors (Lipinski definition) is 1. The van der Waals surface area contributed by atoms with Gasteiger partial charge >= 0.3 is 0 Å². The molecule has 0 saturated carbocycles. The first-order valence-electron chi connectivity index (χ1n) is 11.1. The van der Waals surface area contributed by atoms with Gasteiger partial charge in [0.15, 0.2) is 5.65 Å². The van der Waals surface area contributed by atoms with Gasteiger partial charge in [-0.25, -0.2) is 9.97 Å². The molecule has 5 aromatic rings. The fourth-order valence-corrected chi connectivity index (χ4v) is 4.44. The molecule has 0 spiro atoms. The zero-order valence-electron chi connectivity index (χ0n) is 18.9. The Morgan fingerprint density at radius 3 is 2.67 bits per heavy atom. The Balaban J connectivity index is 1.43. The number of nitrogens with zero attached hydrogens (tertiary/aromatic N) is 6. The number of nitrogens with one attached hydrogen (secondary N) is 1. The highest BCUT2D eigenvalue weighted by atomic mass is 35.5. The van der Waals surface area contributed by atoms with Crippen LogP contribution in [0.3, 0.4) is 0 Å². The maximum absolute atomic E-state index is 13.4. The van der Waals surface area contributed by atoms with Crippen LogP contribution in [0.15, 0.2) is 73.4 Å². The standard InChI is InChI=1S/C26H19Cl2N7O/c27-20-6-3-7-21(28)25(20)33-22-8-2-1-5-17(22)13-23(36)35-12-9-19-24(30-16-31-26(19)35)18-14-32-34(15-18)11-4-10-29/h1-3,5-9,12,14-16,33H,4,11,13H2. The summed E-state index contributed by atoms with van der Waals surface area (Å²) in [6, 6.07) is 16.7. The third-order valence-corrected chi connectivity index (χ3v) is 6.32. The molecule has 0 saturated heterocycles. The second kappa shape index (κ2) is 10.2. The van der Waals surface area contributed by atoms with E-state index in [0.29, 0.717) is 40.0 Å². The molecule has 0 aliphatic carbocycles. The first kappa shape index (κ1) is 23.5. The average Bonchev–Trinajstić information content (AvgIpc) is 3.53. The molecule has 0 radical (unpaired) electrons. The Morgan fingerprint density at radius 2 is 1.86 bits per heavy atom. The highest BCUT2D eigenvalue weighted by molar-refractivity contribution is 6.39. The molecule has 5 rings (SSSR count). The van der Waals surface area contributed by atoms with E-state index in [-0.39, 0.29) is 12.3 Å². The first-order valence-corrected chi connectivity index (χ1v) is 11.8. The third kappa shape index (κ3) is 4.67. The molecular formula is C26H19Cl2N7O. The summed E-state index contributed by atoms with van der Waals surface area (Å²) in [6.45, 7) is 0.497. The number of nitriles is 1. The molecule has 0 unspecified atom stereocenters. The Kier molecular flexibility index (Phi) is 6.67. The molecule has 10 heteroatoms. The lowest BCUT2D eigenvalue weighted by atomic mass is 10.1. The van der Waals surface area contributed by atoms with E-state index in [4.69, 9.17) is 28.5 Å². The first-order chi connectivity index (χ1) is 17.5. The van der Waals surface area contributed by atoms with Crippen molar-refractivity contribution >= 4 is 51.5 Å². The summed E-state index contributed by atoms with van der Waals surface area (Å²) in [5.74, 6) is -0.154. The number of rotatable bonds is 7. The van der Waals surface area contributed by atoms with Crippen molar-refractivity contribution in [3.63, 3.8) is 0 Å². The van der Waals surface area contributed by atoms with Crippen molar-refractivity contribution in [3.05, 3.63) is 89.1 Å². The summed E-state index contributed by atoms with van der Waals surface area (Å²) in [5, 5.41) is 18.1. The minimum Gasteiger partial charge on any atom is -0.353 e. The summed E-state index contributed by atoms with van der Waals surface area (Å²) in [7, 11) is 0. The van der Waals surface area contributed by atoms with Crippen LogP contribution in [0.5, 0.6) is 0 Å². The van der Waals surface area contributed by atoms with Crippen LogP contribution in [0.4, 0.5) is 11.4 Å². The van der Waals surface area contributed by atoms with E-state index in [0.717, 1.165) is 22.2 Å². The minimum absolute atomic E-state index is 0.125. The molecule has 0 bridgehead atoms. The van der Waals surface area contributed by atoms with E-state index in [9.17, 15) is 4.79 Å². The van der Waals surface area contributed by atoms with E-state index in [2.05, 4.69) is 26.5 Å². The van der Waals surface area contributed by atoms with Crippen LogP contribution < -0.4 is 5.32 Å². The van der Waals surface area contributed by atoms with Crippen LogP contribution >= 0.6 is 23.2 Å². The van der Waals surface area contributed by atoms with Gasteiger partial charge < -0.3 is 5.32 Å². The molecule has 2 aromatic carbocycles. The number of halogens is 2. The van der Waals surface area contributed by atoms with Gasteiger partial charge in [0.05, 0.1) is 53.1 Å². The molecule has 3 aromatic heterocycles. The number of carbonyl (C=O) groups excluding carboxylic acids is 1. The number of benzene rings is 2. The fraction of sp³-hybridized carbons (Fsp3) is 0.115. The molecule has 0 aliphatic heterocycles. The Labute approximate surface area is 216 Å². The SMILES string of the molecule is N#CCCn1cc(-c2ncnc3c2ccn3C(=O)Cc2ccccc2Nc2c(Cl)cccc2Cl)cn1. The zero-order valence-corrected chi connectivity index (χ0v) is 20.4. The van der Waals surface area contributed by atoms with E-state index in [1.807, 2.05) is 36.5 Å². The van der Waals surface area contributed by atoms with Gasteiger partial charge in [-0.15, -0.1) is 0 Å². The Morgan fingerprint density at radius 1 is 1.06 bits per heavy atom. The molecule has 0 aliphatic rings. The maximum atomic E-state index is 13.4. The van der Waals surface area contributed by atoms with Crippen LogP contribution in [0, 0.1) is 11.3 Å². The topological polar surface area (TPSA) is 101 Å². The van der Waals surface area contributed by atoms with Crippen molar-refractivity contribution in [3.8, 4) is 17.3 Å². The number of aromatic nitrogens is 5. The van der Waals surface area contributed by atoms with Gasteiger partial charge in [-0.2, -0.15) is 10.4 Å². The fourth-order valence-electron chi connectivity index (χ4n) is 3.95. The van der Waals surface area contributed by atoms with Gasteiger partial charge in [0.2, 0.25) is 5.91 Å². The molecule has 3 heterocycles. The number of hydrogen-bond acceptors (Lipinski definition) is 6. The van der Waals surface area contributed by atoms with Crippen molar-refractivity contribution in [1.29, 1.82) is 5.26 Å². The lowest BCUT2D eigenvalue weighted by Gasteiger charge is -2.14. The van der Waals surface area contributed by atoms with Crippen molar-refractivity contribution < 1.29 is 4.79 Å². The second-order valence-electron chi connectivity index (χ2n) is 7.99. The average molecular weight is 516 g/mol. The van der Waals surface area contributed by atoms with E-state index < -0.39 is 0 Å². The highest BCUT2D eigenvalue weighted by Crippen LogP contribution is 2.34. The number of fused-ring (bicyclic) bond motifs is 1. The number of para-hydroxylation sites is 2. The predicted octanol–water partition coefficient (Wildman–Crippen LogP) is 6.14. The summed E-state index contributed by atoms with van der Waals surface area (Å²) >= 11 is 12.6. The van der Waals surface area contributed by atoms with E-state index in [1.165, 1.54) is 10.9 Å². The molecule has 0 fully saturated rings. The summed E-state index contributed by atoms with van der Waals surface area (Å²) in [4.78, 5) is 22.2. The largest absolute Gasteiger partial charge is 0.353 e. The van der Waals surface area contributed by atoms with Gasteiger partial charge in [0.25, 0.3) is 0 Å². The summed E-state index contributed by atoms with van der Waals surface area (Å²) in [6.07, 6.45) is 7.15.